The Balaban J connectivity index is 1.14. The third-order valence-corrected chi connectivity index (χ3v) is 9.14. The molecular formula is C26H29NO5S. The number of carbonyl (C=O) groups is 2. The summed E-state index contributed by atoms with van der Waals surface area (Å²) in [7, 11) is -1.07. The van der Waals surface area contributed by atoms with Crippen LogP contribution in [0.2, 0.25) is 0 Å². The minimum atomic E-state index is -1.07. The van der Waals surface area contributed by atoms with E-state index in [9.17, 15) is 13.8 Å². The summed E-state index contributed by atoms with van der Waals surface area (Å²) in [5.41, 5.74) is 6.65. The van der Waals surface area contributed by atoms with Crippen LogP contribution in [0.1, 0.15) is 61.4 Å². The molecule has 0 amide bonds. The fourth-order valence-electron chi connectivity index (χ4n) is 5.20. The lowest BCUT2D eigenvalue weighted by atomic mass is 9.95. The van der Waals surface area contributed by atoms with E-state index in [0.717, 1.165) is 60.5 Å². The molecule has 0 N–H and O–H groups in total. The molecule has 1 fully saturated rings. The molecule has 0 aliphatic carbocycles. The normalized spacial score (nSPS) is 19.2. The van der Waals surface area contributed by atoms with E-state index in [0.29, 0.717) is 29.4 Å². The molecule has 0 aromatic heterocycles. The second kappa shape index (κ2) is 9.03. The number of ether oxygens (including phenoxy) is 2. The molecule has 1 saturated heterocycles. The molecule has 0 radical (unpaired) electrons. The van der Waals surface area contributed by atoms with Crippen LogP contribution in [0.3, 0.4) is 0 Å². The van der Waals surface area contributed by atoms with Crippen molar-refractivity contribution in [1.29, 1.82) is 0 Å². The molecule has 2 aromatic carbocycles. The molecule has 174 valence electrons. The van der Waals surface area contributed by atoms with E-state index in [1.165, 1.54) is 11.1 Å². The van der Waals surface area contributed by atoms with Gasteiger partial charge in [-0.15, -0.1) is 0 Å². The first-order valence-corrected chi connectivity index (χ1v) is 12.9. The van der Waals surface area contributed by atoms with Gasteiger partial charge in [-0.2, -0.15) is 0 Å². The lowest BCUT2D eigenvalue weighted by molar-refractivity contribution is 0.0526. The highest BCUT2D eigenvalue weighted by Crippen LogP contribution is 2.30. The van der Waals surface area contributed by atoms with Crippen LogP contribution in [0.25, 0.3) is 0 Å². The zero-order valence-electron chi connectivity index (χ0n) is 19.1. The number of hydrogen-bond acceptors (Lipinski definition) is 6. The highest BCUT2D eigenvalue weighted by molar-refractivity contribution is 7.85. The first-order valence-electron chi connectivity index (χ1n) is 11.6. The van der Waals surface area contributed by atoms with E-state index in [1.807, 2.05) is 19.1 Å². The SMILES string of the molecule is Cc1c(CCN2CCC(CS(=O)c3ccc4c(c3C)COC4=O)CC2)ccc2c1COC2=O. The molecule has 1 unspecified atom stereocenters. The first-order chi connectivity index (χ1) is 15.9. The summed E-state index contributed by atoms with van der Waals surface area (Å²) >= 11 is 0. The Hall–Kier alpha value is -2.51. The van der Waals surface area contributed by atoms with Gasteiger partial charge in [0.1, 0.15) is 13.2 Å². The summed E-state index contributed by atoms with van der Waals surface area (Å²) in [5.74, 6) is 0.614. The molecule has 5 rings (SSSR count). The molecule has 6 nitrogen and oxygen atoms in total. The largest absolute Gasteiger partial charge is 0.457 e. The van der Waals surface area contributed by atoms with Gasteiger partial charge in [0.2, 0.25) is 0 Å². The standard InChI is InChI=1S/C26H29NO5S/c1-16-19(3-4-20-22(16)13-31-25(20)28)9-12-27-10-7-18(8-11-27)15-33(30)24-6-5-21-23(17(24)2)14-32-26(21)29/h3-6,18H,7-15H2,1-2H3. The molecule has 0 bridgehead atoms. The number of hydrogen-bond donors (Lipinski definition) is 0. The topological polar surface area (TPSA) is 72.9 Å². The maximum Gasteiger partial charge on any atom is 0.338 e. The number of nitrogens with zero attached hydrogens (tertiary/aromatic N) is 1. The number of fused-ring (bicyclic) bond motifs is 2. The zero-order chi connectivity index (χ0) is 23.1. The van der Waals surface area contributed by atoms with Crippen LogP contribution < -0.4 is 0 Å². The monoisotopic (exact) mass is 467 g/mol. The second-order valence-corrected chi connectivity index (χ2v) is 10.8. The molecular weight excluding hydrogens is 438 g/mol. The Kier molecular flexibility index (Phi) is 6.10. The van der Waals surface area contributed by atoms with E-state index in [2.05, 4.69) is 17.9 Å². The average Bonchev–Trinajstić information content (AvgIpc) is 3.38. The fourth-order valence-corrected chi connectivity index (χ4v) is 6.83. The van der Waals surface area contributed by atoms with Crippen LogP contribution in [-0.2, 0) is 39.9 Å². The van der Waals surface area contributed by atoms with Crippen LogP contribution in [0.15, 0.2) is 29.2 Å². The number of carbonyl (C=O) groups excluding carboxylic acids is 2. The number of cyclic esters (lactones) is 2. The molecule has 1 atom stereocenters. The lowest BCUT2D eigenvalue weighted by Crippen LogP contribution is -2.36. The molecule has 2 aromatic rings. The number of benzene rings is 2. The quantitative estimate of drug-likeness (QED) is 0.603. The van der Waals surface area contributed by atoms with Crippen LogP contribution in [0, 0.1) is 19.8 Å². The average molecular weight is 468 g/mol. The predicted molar refractivity (Wildman–Crippen MR) is 125 cm³/mol. The van der Waals surface area contributed by atoms with Crippen molar-refractivity contribution in [1.82, 2.24) is 4.90 Å². The molecule has 0 spiro atoms. The van der Waals surface area contributed by atoms with Crippen molar-refractivity contribution in [3.63, 3.8) is 0 Å². The molecule has 33 heavy (non-hydrogen) atoms. The van der Waals surface area contributed by atoms with Crippen molar-refractivity contribution in [3.8, 4) is 0 Å². The number of esters is 2. The Morgan fingerprint density at radius 2 is 1.52 bits per heavy atom. The van der Waals surface area contributed by atoms with E-state index in [4.69, 9.17) is 9.47 Å². The zero-order valence-corrected chi connectivity index (χ0v) is 20.0. The van der Waals surface area contributed by atoms with Gasteiger partial charge >= 0.3 is 11.9 Å². The van der Waals surface area contributed by atoms with E-state index < -0.39 is 10.8 Å². The summed E-state index contributed by atoms with van der Waals surface area (Å²) in [6, 6.07) is 7.56. The Morgan fingerprint density at radius 1 is 0.909 bits per heavy atom. The maximum atomic E-state index is 13.1. The van der Waals surface area contributed by atoms with Crippen molar-refractivity contribution in [2.45, 2.75) is 51.2 Å². The van der Waals surface area contributed by atoms with Crippen molar-refractivity contribution >= 4 is 22.7 Å². The van der Waals surface area contributed by atoms with E-state index in [1.54, 1.807) is 6.07 Å². The smallest absolute Gasteiger partial charge is 0.338 e. The molecule has 7 heteroatoms. The first kappa shape index (κ1) is 22.3. The number of likely N-dealkylation sites (tertiary alicyclic amines) is 1. The fraction of sp³-hybridized carbons (Fsp3) is 0.462. The van der Waals surface area contributed by atoms with Gasteiger partial charge in [0, 0.05) is 28.3 Å². The highest BCUT2D eigenvalue weighted by atomic mass is 32.2. The van der Waals surface area contributed by atoms with Crippen molar-refractivity contribution in [3.05, 3.63) is 63.2 Å². The van der Waals surface area contributed by atoms with Gasteiger partial charge in [0.05, 0.1) is 21.9 Å². The van der Waals surface area contributed by atoms with Crippen LogP contribution >= 0.6 is 0 Å². The highest BCUT2D eigenvalue weighted by Gasteiger charge is 2.28. The van der Waals surface area contributed by atoms with Crippen molar-refractivity contribution in [2.24, 2.45) is 5.92 Å². The van der Waals surface area contributed by atoms with Crippen molar-refractivity contribution in [2.75, 3.05) is 25.4 Å². The maximum absolute atomic E-state index is 13.1. The second-order valence-electron chi connectivity index (χ2n) is 9.29. The van der Waals surface area contributed by atoms with Gasteiger partial charge in [0.15, 0.2) is 0 Å². The Morgan fingerprint density at radius 3 is 2.18 bits per heavy atom. The van der Waals surface area contributed by atoms with Crippen molar-refractivity contribution < 1.29 is 23.3 Å². The van der Waals surface area contributed by atoms with Gasteiger partial charge in [-0.3, -0.25) is 4.21 Å². The third kappa shape index (κ3) is 4.24. The Labute approximate surface area is 196 Å². The van der Waals surface area contributed by atoms with Gasteiger partial charge in [-0.05, 0) is 87.0 Å². The molecule has 0 saturated carbocycles. The Bertz CT molecular complexity index is 1150. The summed E-state index contributed by atoms with van der Waals surface area (Å²) in [6.45, 7) is 7.72. The van der Waals surface area contributed by atoms with Gasteiger partial charge in [-0.25, -0.2) is 9.59 Å². The summed E-state index contributed by atoms with van der Waals surface area (Å²) < 4.78 is 23.4. The lowest BCUT2D eigenvalue weighted by Gasteiger charge is -2.32. The van der Waals surface area contributed by atoms with E-state index >= 15 is 0 Å². The van der Waals surface area contributed by atoms with E-state index in [-0.39, 0.29) is 18.5 Å². The molecule has 3 heterocycles. The van der Waals surface area contributed by atoms with Gasteiger partial charge in [0.25, 0.3) is 0 Å². The summed E-state index contributed by atoms with van der Waals surface area (Å²) in [6.07, 6.45) is 3.05. The summed E-state index contributed by atoms with van der Waals surface area (Å²) in [5, 5.41) is 0. The molecule has 3 aliphatic rings. The minimum absolute atomic E-state index is 0.212. The summed E-state index contributed by atoms with van der Waals surface area (Å²) in [4.78, 5) is 26.8. The third-order valence-electron chi connectivity index (χ3n) is 7.43. The van der Waals surface area contributed by atoms with Gasteiger partial charge in [-0.1, -0.05) is 6.07 Å². The van der Waals surface area contributed by atoms with Crippen LogP contribution in [0.5, 0.6) is 0 Å². The number of rotatable bonds is 6. The van der Waals surface area contributed by atoms with Gasteiger partial charge < -0.3 is 14.4 Å². The predicted octanol–water partition coefficient (Wildman–Crippen LogP) is 3.71. The number of piperidine rings is 1. The molecule has 3 aliphatic heterocycles. The minimum Gasteiger partial charge on any atom is -0.457 e. The van der Waals surface area contributed by atoms with Crippen LogP contribution in [-0.4, -0.2) is 46.4 Å². The van der Waals surface area contributed by atoms with Crippen LogP contribution in [0.4, 0.5) is 0 Å².